The molecule has 0 aliphatic heterocycles. The largest absolute Gasteiger partial charge is 0.368 e. The molecule has 3 heteroatoms. The van der Waals surface area contributed by atoms with Gasteiger partial charge >= 0.3 is 6.04 Å². The predicted octanol–water partition coefficient (Wildman–Crippen LogP) is 1.69. The molecule has 0 bridgehead atoms. The van der Waals surface area contributed by atoms with Gasteiger partial charge in [-0.1, -0.05) is 13.3 Å². The molecule has 0 rings (SSSR count). The van der Waals surface area contributed by atoms with Crippen LogP contribution >= 0.6 is 0 Å². The summed E-state index contributed by atoms with van der Waals surface area (Å²) in [5.41, 5.74) is 0. The van der Waals surface area contributed by atoms with E-state index in [1.807, 2.05) is 6.92 Å². The number of halogens is 1. The minimum atomic E-state index is -1.39. The van der Waals surface area contributed by atoms with Crippen LogP contribution in [0.25, 0.3) is 0 Å². The Morgan fingerprint density at radius 2 is 2.30 bits per heavy atom. The summed E-state index contributed by atoms with van der Waals surface area (Å²) in [6.45, 7) is 3.89. The smallest absolute Gasteiger partial charge is 0.329 e. The molecule has 0 N–H and O–H groups in total. The highest BCUT2D eigenvalue weighted by atomic mass is 19.1. The van der Waals surface area contributed by atoms with Crippen LogP contribution < -0.4 is 0 Å². The highest BCUT2D eigenvalue weighted by molar-refractivity contribution is 5.72. The number of carbonyl (C=O) groups excluding carboxylic acids is 1. The number of carbonyl (C=O) groups is 1. The van der Waals surface area contributed by atoms with E-state index in [1.54, 1.807) is 0 Å². The van der Waals surface area contributed by atoms with E-state index in [1.165, 1.54) is 6.92 Å². The summed E-state index contributed by atoms with van der Waals surface area (Å²) in [5, 5.41) is 0. The molecule has 0 aromatic carbocycles. The van der Waals surface area contributed by atoms with Crippen molar-refractivity contribution in [1.82, 2.24) is 0 Å². The fourth-order valence-corrected chi connectivity index (χ4v) is 0.470. The van der Waals surface area contributed by atoms with Crippen LogP contribution in [0.5, 0.6) is 0 Å². The van der Waals surface area contributed by atoms with Crippen molar-refractivity contribution in [3.8, 4) is 0 Å². The second-order valence-corrected chi connectivity index (χ2v) is 2.17. The molecule has 0 aliphatic rings. The maximum Gasteiger partial charge on any atom is 0.329 e. The molecule has 0 spiro atoms. The van der Waals surface area contributed by atoms with Gasteiger partial charge < -0.3 is 4.74 Å². The summed E-state index contributed by atoms with van der Waals surface area (Å²) >= 11 is 0. The maximum absolute atomic E-state index is 11.8. The molecule has 0 radical (unpaired) electrons. The van der Waals surface area contributed by atoms with Crippen LogP contribution in [0, 0.1) is 0 Å². The van der Waals surface area contributed by atoms with Gasteiger partial charge in [-0.2, -0.15) is 4.39 Å². The summed E-state index contributed by atoms with van der Waals surface area (Å²) in [5.74, 6) is 0. The molecule has 2 nitrogen and oxygen atoms in total. The summed E-state index contributed by atoms with van der Waals surface area (Å²) in [4.78, 5) is 9.95. The van der Waals surface area contributed by atoms with E-state index in [4.69, 9.17) is 4.74 Å². The van der Waals surface area contributed by atoms with Crippen LogP contribution in [0.15, 0.2) is 0 Å². The van der Waals surface area contributed by atoms with Crippen molar-refractivity contribution < 1.29 is 13.9 Å². The summed E-state index contributed by atoms with van der Waals surface area (Å²) in [6.07, 6.45) is 0.983. The zero-order valence-electron chi connectivity index (χ0n) is 6.39. The molecule has 0 aromatic rings. The van der Waals surface area contributed by atoms with Crippen molar-refractivity contribution >= 4 is 6.04 Å². The first-order valence-electron chi connectivity index (χ1n) is 3.49. The molecule has 0 amide bonds. The van der Waals surface area contributed by atoms with Crippen LogP contribution in [0.4, 0.5) is 4.39 Å². The quantitative estimate of drug-likeness (QED) is 0.438. The first-order chi connectivity index (χ1) is 4.68. The van der Waals surface area contributed by atoms with E-state index in [9.17, 15) is 9.18 Å². The number of ether oxygens (including phenoxy) is 1. The second-order valence-electron chi connectivity index (χ2n) is 2.17. The molecule has 10 heavy (non-hydrogen) atoms. The van der Waals surface area contributed by atoms with Gasteiger partial charge in [-0.3, -0.25) is 4.79 Å². The Kier molecular flexibility index (Phi) is 5.12. The van der Waals surface area contributed by atoms with Crippen LogP contribution in [0.3, 0.4) is 0 Å². The van der Waals surface area contributed by atoms with Crippen molar-refractivity contribution in [2.24, 2.45) is 0 Å². The van der Waals surface area contributed by atoms with E-state index in [2.05, 4.69) is 0 Å². The number of hydrogen-bond acceptors (Lipinski definition) is 2. The molecule has 0 aliphatic carbocycles. The number of hydrogen-bond donors (Lipinski definition) is 0. The van der Waals surface area contributed by atoms with Crippen molar-refractivity contribution in [1.29, 1.82) is 0 Å². The van der Waals surface area contributed by atoms with Crippen LogP contribution in [0.2, 0.25) is 0 Å². The van der Waals surface area contributed by atoms with Gasteiger partial charge in [0.2, 0.25) is 0 Å². The molecule has 1 atom stereocenters. The summed E-state index contributed by atoms with van der Waals surface area (Å²) in [6, 6.07) is -1.39. The highest BCUT2D eigenvalue weighted by Crippen LogP contribution is 1.96. The van der Waals surface area contributed by atoms with Crippen LogP contribution in [0.1, 0.15) is 26.7 Å². The summed E-state index contributed by atoms with van der Waals surface area (Å²) < 4.78 is 16.6. The first kappa shape index (κ1) is 9.56. The Bertz CT molecular complexity index is 104. The standard InChI is InChI=1S/C7H13FO2/c1-3-4-5-10-6(2)7(8)9/h6H,3-5H2,1-2H3/t6-/m0/s1. The lowest BCUT2D eigenvalue weighted by molar-refractivity contribution is -0.140. The van der Waals surface area contributed by atoms with Gasteiger partial charge in [0, 0.05) is 6.61 Å². The number of unbranched alkanes of at least 4 members (excludes halogenated alkanes) is 1. The van der Waals surface area contributed by atoms with Gasteiger partial charge in [0.05, 0.1) is 0 Å². The molecule has 0 saturated heterocycles. The van der Waals surface area contributed by atoms with E-state index in [-0.39, 0.29) is 0 Å². The molecule has 0 fully saturated rings. The van der Waals surface area contributed by atoms with Crippen molar-refractivity contribution in [2.45, 2.75) is 32.8 Å². The minimum Gasteiger partial charge on any atom is -0.368 e. The average molecular weight is 148 g/mol. The third-order valence-electron chi connectivity index (χ3n) is 1.19. The minimum absolute atomic E-state index is 0.466. The summed E-state index contributed by atoms with van der Waals surface area (Å²) in [7, 11) is 0. The average Bonchev–Trinajstić information content (AvgIpc) is 1.88. The van der Waals surface area contributed by atoms with Gasteiger partial charge in [-0.25, -0.2) is 0 Å². The Labute approximate surface area is 60.4 Å². The fraction of sp³-hybridized carbons (Fsp3) is 0.857. The van der Waals surface area contributed by atoms with Gasteiger partial charge in [0.1, 0.15) is 6.10 Å². The van der Waals surface area contributed by atoms with E-state index in [0.717, 1.165) is 12.8 Å². The lowest BCUT2D eigenvalue weighted by Crippen LogP contribution is -2.16. The monoisotopic (exact) mass is 148 g/mol. The fourth-order valence-electron chi connectivity index (χ4n) is 0.470. The zero-order chi connectivity index (χ0) is 7.98. The third-order valence-corrected chi connectivity index (χ3v) is 1.19. The molecule has 0 saturated carbocycles. The van der Waals surface area contributed by atoms with Gasteiger partial charge in [0.25, 0.3) is 0 Å². The lowest BCUT2D eigenvalue weighted by Gasteiger charge is -2.05. The molecular weight excluding hydrogens is 135 g/mol. The van der Waals surface area contributed by atoms with Crippen molar-refractivity contribution in [2.75, 3.05) is 6.61 Å². The number of rotatable bonds is 5. The van der Waals surface area contributed by atoms with Crippen molar-refractivity contribution in [3.63, 3.8) is 0 Å². The van der Waals surface area contributed by atoms with Crippen LogP contribution in [-0.4, -0.2) is 18.7 Å². The van der Waals surface area contributed by atoms with Crippen molar-refractivity contribution in [3.05, 3.63) is 0 Å². The molecule has 0 aromatic heterocycles. The predicted molar refractivity (Wildman–Crippen MR) is 36.4 cm³/mol. The van der Waals surface area contributed by atoms with E-state index >= 15 is 0 Å². The van der Waals surface area contributed by atoms with E-state index < -0.39 is 12.1 Å². The Hall–Kier alpha value is -0.440. The third kappa shape index (κ3) is 4.44. The van der Waals surface area contributed by atoms with Gasteiger partial charge in [0.15, 0.2) is 0 Å². The van der Waals surface area contributed by atoms with E-state index in [0.29, 0.717) is 6.61 Å². The van der Waals surface area contributed by atoms with Gasteiger partial charge in [-0.05, 0) is 13.3 Å². The van der Waals surface area contributed by atoms with Gasteiger partial charge in [-0.15, -0.1) is 0 Å². The molecule has 0 heterocycles. The first-order valence-corrected chi connectivity index (χ1v) is 3.49. The second kappa shape index (κ2) is 5.35. The molecular formula is C7H13FO2. The molecule has 0 unspecified atom stereocenters. The SMILES string of the molecule is CCCCO[C@@H](C)C(=O)F. The van der Waals surface area contributed by atoms with Crippen LogP contribution in [-0.2, 0) is 9.53 Å². The molecule has 60 valence electrons. The lowest BCUT2D eigenvalue weighted by atomic mass is 10.3. The Morgan fingerprint density at radius 1 is 1.70 bits per heavy atom. The Balaban J connectivity index is 3.21. The maximum atomic E-state index is 11.8. The highest BCUT2D eigenvalue weighted by Gasteiger charge is 2.10. The normalized spacial score (nSPS) is 13.1. The Morgan fingerprint density at radius 3 is 2.70 bits per heavy atom. The zero-order valence-corrected chi connectivity index (χ0v) is 6.39. The topological polar surface area (TPSA) is 26.3 Å².